The Morgan fingerprint density at radius 3 is 2.21 bits per heavy atom. The Hall–Kier alpha value is -3.56. The molecule has 0 saturated carbocycles. The molecule has 3 aromatic rings. The van der Waals surface area contributed by atoms with E-state index in [4.69, 9.17) is 16.3 Å². The van der Waals surface area contributed by atoms with Crippen molar-refractivity contribution < 1.29 is 27.5 Å². The van der Waals surface area contributed by atoms with Crippen LogP contribution in [0.4, 0.5) is 11.4 Å². The highest BCUT2D eigenvalue weighted by molar-refractivity contribution is 7.92. The van der Waals surface area contributed by atoms with Gasteiger partial charge in [0.1, 0.15) is 12.3 Å². The van der Waals surface area contributed by atoms with Crippen molar-refractivity contribution in [3.8, 4) is 5.75 Å². The average Bonchev–Trinajstić information content (AvgIpc) is 2.84. The molecule has 0 unspecified atom stereocenters. The Bertz CT molecular complexity index is 1290. The number of anilines is 2. The van der Waals surface area contributed by atoms with Gasteiger partial charge in [0, 0.05) is 5.69 Å². The standard InChI is InChI=1S/C24H23ClN2O6S/c1-16-4-7-18(8-5-16)27(34(30,31)20-11-9-19(32-2)10-12-20)15-23(28)26-17-6-13-22(25)21(14-17)24(29)33-3/h4-14H,15H2,1-3H3,(H,26,28). The van der Waals surface area contributed by atoms with Gasteiger partial charge in [-0.1, -0.05) is 29.3 Å². The van der Waals surface area contributed by atoms with E-state index in [1.54, 1.807) is 24.3 Å². The van der Waals surface area contributed by atoms with Crippen LogP contribution in [0.3, 0.4) is 0 Å². The van der Waals surface area contributed by atoms with Gasteiger partial charge in [0.25, 0.3) is 10.0 Å². The van der Waals surface area contributed by atoms with E-state index in [9.17, 15) is 18.0 Å². The van der Waals surface area contributed by atoms with Gasteiger partial charge in [-0.05, 0) is 61.5 Å². The number of carbonyl (C=O) groups excluding carboxylic acids is 2. The molecule has 0 heterocycles. The van der Waals surface area contributed by atoms with Crippen LogP contribution in [0.25, 0.3) is 0 Å². The van der Waals surface area contributed by atoms with E-state index in [1.807, 2.05) is 6.92 Å². The molecule has 0 aromatic heterocycles. The lowest BCUT2D eigenvalue weighted by Gasteiger charge is -2.24. The minimum Gasteiger partial charge on any atom is -0.497 e. The lowest BCUT2D eigenvalue weighted by Crippen LogP contribution is -2.38. The molecule has 0 aliphatic rings. The van der Waals surface area contributed by atoms with Crippen molar-refractivity contribution in [1.29, 1.82) is 0 Å². The number of nitrogens with one attached hydrogen (secondary N) is 1. The van der Waals surface area contributed by atoms with E-state index in [0.717, 1.165) is 9.87 Å². The minimum absolute atomic E-state index is 0.00106. The number of ether oxygens (including phenoxy) is 2. The second kappa shape index (κ2) is 10.6. The lowest BCUT2D eigenvalue weighted by molar-refractivity contribution is -0.114. The Balaban J connectivity index is 1.92. The molecule has 1 amide bonds. The Labute approximate surface area is 203 Å². The summed E-state index contributed by atoms with van der Waals surface area (Å²) in [4.78, 5) is 24.8. The topological polar surface area (TPSA) is 102 Å². The normalized spacial score (nSPS) is 10.9. The van der Waals surface area contributed by atoms with Crippen LogP contribution >= 0.6 is 11.6 Å². The fourth-order valence-electron chi connectivity index (χ4n) is 3.10. The third-order valence-corrected chi connectivity index (χ3v) is 7.03. The first-order valence-corrected chi connectivity index (χ1v) is 11.9. The summed E-state index contributed by atoms with van der Waals surface area (Å²) in [6.45, 7) is 1.37. The molecule has 0 radical (unpaired) electrons. The third-order valence-electron chi connectivity index (χ3n) is 4.91. The molecular weight excluding hydrogens is 480 g/mol. The third kappa shape index (κ3) is 5.67. The zero-order valence-electron chi connectivity index (χ0n) is 18.7. The van der Waals surface area contributed by atoms with Crippen molar-refractivity contribution >= 4 is 44.9 Å². The molecule has 10 heteroatoms. The second-order valence-corrected chi connectivity index (χ2v) is 9.53. The number of hydrogen-bond donors (Lipinski definition) is 1. The van der Waals surface area contributed by atoms with Crippen LogP contribution in [0.5, 0.6) is 5.75 Å². The van der Waals surface area contributed by atoms with E-state index in [1.165, 1.54) is 56.7 Å². The zero-order chi connectivity index (χ0) is 24.9. The number of benzene rings is 3. The summed E-state index contributed by atoms with van der Waals surface area (Å²) in [6, 6.07) is 16.9. The van der Waals surface area contributed by atoms with E-state index < -0.39 is 28.4 Å². The summed E-state index contributed by atoms with van der Waals surface area (Å²) in [5.74, 6) is -0.775. The number of rotatable bonds is 8. The van der Waals surface area contributed by atoms with Crippen molar-refractivity contribution in [1.82, 2.24) is 0 Å². The van der Waals surface area contributed by atoms with Gasteiger partial charge in [0.15, 0.2) is 0 Å². The van der Waals surface area contributed by atoms with Gasteiger partial charge in [-0.25, -0.2) is 13.2 Å². The summed E-state index contributed by atoms with van der Waals surface area (Å²) >= 11 is 6.02. The molecule has 8 nitrogen and oxygen atoms in total. The smallest absolute Gasteiger partial charge is 0.339 e. The number of nitrogens with zero attached hydrogens (tertiary/aromatic N) is 1. The first-order valence-electron chi connectivity index (χ1n) is 10.1. The molecule has 3 rings (SSSR count). The molecule has 0 aliphatic heterocycles. The van der Waals surface area contributed by atoms with Crippen molar-refractivity contribution in [3.05, 3.63) is 82.9 Å². The number of hydrogen-bond acceptors (Lipinski definition) is 6. The number of carbonyl (C=O) groups is 2. The Morgan fingerprint density at radius 1 is 0.971 bits per heavy atom. The SMILES string of the molecule is COC(=O)c1cc(NC(=O)CN(c2ccc(C)cc2)S(=O)(=O)c2ccc(OC)cc2)ccc1Cl. The number of aryl methyl sites for hydroxylation is 1. The second-order valence-electron chi connectivity index (χ2n) is 7.26. The van der Waals surface area contributed by atoms with Crippen molar-refractivity contribution in [2.75, 3.05) is 30.4 Å². The Morgan fingerprint density at radius 2 is 1.62 bits per heavy atom. The molecule has 34 heavy (non-hydrogen) atoms. The van der Waals surface area contributed by atoms with Crippen molar-refractivity contribution in [2.24, 2.45) is 0 Å². The first-order chi connectivity index (χ1) is 16.1. The number of halogens is 1. The highest BCUT2D eigenvalue weighted by Gasteiger charge is 2.27. The maximum atomic E-state index is 13.5. The molecular formula is C24H23ClN2O6S. The zero-order valence-corrected chi connectivity index (χ0v) is 20.3. The highest BCUT2D eigenvalue weighted by atomic mass is 35.5. The number of methoxy groups -OCH3 is 2. The molecule has 0 bridgehead atoms. The van der Waals surface area contributed by atoms with E-state index >= 15 is 0 Å². The van der Waals surface area contributed by atoms with Crippen LogP contribution in [-0.4, -0.2) is 41.1 Å². The van der Waals surface area contributed by atoms with Crippen LogP contribution in [0, 0.1) is 6.92 Å². The van der Waals surface area contributed by atoms with Gasteiger partial charge >= 0.3 is 5.97 Å². The maximum absolute atomic E-state index is 13.5. The van der Waals surface area contributed by atoms with Gasteiger partial charge in [-0.2, -0.15) is 0 Å². The van der Waals surface area contributed by atoms with Gasteiger partial charge < -0.3 is 14.8 Å². The number of esters is 1. The molecule has 178 valence electrons. The predicted octanol–water partition coefficient (Wildman–Crippen LogP) is 4.28. The van der Waals surface area contributed by atoms with Gasteiger partial charge in [0.2, 0.25) is 5.91 Å². The summed E-state index contributed by atoms with van der Waals surface area (Å²) in [5.41, 5.74) is 1.60. The molecule has 0 saturated heterocycles. The van der Waals surface area contributed by atoms with Crippen molar-refractivity contribution in [3.63, 3.8) is 0 Å². The fraction of sp³-hybridized carbons (Fsp3) is 0.167. The molecule has 3 aromatic carbocycles. The van der Waals surface area contributed by atoms with Crippen LogP contribution in [0.15, 0.2) is 71.6 Å². The number of sulfonamides is 1. The van der Waals surface area contributed by atoms with Crippen molar-refractivity contribution in [2.45, 2.75) is 11.8 Å². The van der Waals surface area contributed by atoms with E-state index in [2.05, 4.69) is 10.1 Å². The van der Waals surface area contributed by atoms with Gasteiger partial charge in [0.05, 0.1) is 35.4 Å². The van der Waals surface area contributed by atoms with Crippen LogP contribution < -0.4 is 14.4 Å². The van der Waals surface area contributed by atoms with Crippen LogP contribution in [-0.2, 0) is 19.6 Å². The largest absolute Gasteiger partial charge is 0.497 e. The lowest BCUT2D eigenvalue weighted by atomic mass is 10.2. The summed E-state index contributed by atoms with van der Waals surface area (Å²) in [7, 11) is -1.39. The molecule has 0 fully saturated rings. The average molecular weight is 503 g/mol. The number of amides is 1. The molecule has 0 aliphatic carbocycles. The van der Waals surface area contributed by atoms with E-state index in [0.29, 0.717) is 11.4 Å². The van der Waals surface area contributed by atoms with Crippen LogP contribution in [0.1, 0.15) is 15.9 Å². The van der Waals surface area contributed by atoms with Crippen LogP contribution in [0.2, 0.25) is 5.02 Å². The Kier molecular flexibility index (Phi) is 7.80. The van der Waals surface area contributed by atoms with E-state index in [-0.39, 0.29) is 21.2 Å². The molecule has 0 spiro atoms. The first kappa shape index (κ1) is 25.1. The quantitative estimate of drug-likeness (QED) is 0.461. The molecule has 0 atom stereocenters. The molecule has 1 N–H and O–H groups in total. The van der Waals surface area contributed by atoms with Gasteiger partial charge in [-0.3, -0.25) is 9.10 Å². The minimum atomic E-state index is -4.09. The summed E-state index contributed by atoms with van der Waals surface area (Å²) in [6.07, 6.45) is 0. The summed E-state index contributed by atoms with van der Waals surface area (Å²) in [5, 5.41) is 2.77. The van der Waals surface area contributed by atoms with Gasteiger partial charge in [-0.15, -0.1) is 0 Å². The summed E-state index contributed by atoms with van der Waals surface area (Å²) < 4.78 is 37.7. The maximum Gasteiger partial charge on any atom is 0.339 e. The fourth-order valence-corrected chi connectivity index (χ4v) is 4.72. The monoisotopic (exact) mass is 502 g/mol. The predicted molar refractivity (Wildman–Crippen MR) is 130 cm³/mol. The highest BCUT2D eigenvalue weighted by Crippen LogP contribution is 2.26.